The molecule has 1 aliphatic rings. The lowest BCUT2D eigenvalue weighted by Crippen LogP contribution is -2.31. The largest absolute Gasteiger partial charge is 0.326 e. The Kier molecular flexibility index (Phi) is 4.26. The SMILES string of the molecule is CC1=C(C(=O)Nc2ccccc2)[C@H](c2cccc(Br)c2)n2nnnc2N1. The number of tetrazole rings is 1. The number of anilines is 2. The maximum Gasteiger partial charge on any atom is 0.255 e. The van der Waals surface area contributed by atoms with Gasteiger partial charge in [-0.05, 0) is 47.2 Å². The first-order valence-corrected chi connectivity index (χ1v) is 8.80. The third-order valence-electron chi connectivity index (χ3n) is 4.15. The number of nitrogens with one attached hydrogen (secondary N) is 2. The summed E-state index contributed by atoms with van der Waals surface area (Å²) < 4.78 is 2.54. The van der Waals surface area contributed by atoms with E-state index in [-0.39, 0.29) is 5.91 Å². The van der Waals surface area contributed by atoms with Crippen LogP contribution in [-0.2, 0) is 4.79 Å². The Morgan fingerprint density at radius 3 is 2.77 bits per heavy atom. The second-order valence-electron chi connectivity index (χ2n) is 5.89. The minimum atomic E-state index is -0.428. The third-order valence-corrected chi connectivity index (χ3v) is 4.65. The minimum Gasteiger partial charge on any atom is -0.326 e. The normalized spacial score (nSPS) is 16.0. The number of amides is 1. The minimum absolute atomic E-state index is 0.202. The maximum absolute atomic E-state index is 13.1. The zero-order valence-electron chi connectivity index (χ0n) is 13.8. The summed E-state index contributed by atoms with van der Waals surface area (Å²) in [7, 11) is 0. The van der Waals surface area contributed by atoms with Gasteiger partial charge in [0.1, 0.15) is 6.04 Å². The van der Waals surface area contributed by atoms with E-state index in [4.69, 9.17) is 0 Å². The van der Waals surface area contributed by atoms with Crippen LogP contribution in [-0.4, -0.2) is 26.1 Å². The predicted molar refractivity (Wildman–Crippen MR) is 101 cm³/mol. The van der Waals surface area contributed by atoms with Crippen molar-refractivity contribution in [2.24, 2.45) is 0 Å². The lowest BCUT2D eigenvalue weighted by atomic mass is 9.95. The number of para-hydroxylation sites is 1. The number of hydrogen-bond acceptors (Lipinski definition) is 5. The van der Waals surface area contributed by atoms with Crippen molar-refractivity contribution in [1.82, 2.24) is 20.2 Å². The van der Waals surface area contributed by atoms with Crippen LogP contribution < -0.4 is 10.6 Å². The van der Waals surface area contributed by atoms with Crippen molar-refractivity contribution in [3.63, 3.8) is 0 Å². The number of hydrogen-bond donors (Lipinski definition) is 2. The molecule has 2 aromatic carbocycles. The molecule has 2 heterocycles. The van der Waals surface area contributed by atoms with Crippen LogP contribution in [0.25, 0.3) is 0 Å². The molecule has 130 valence electrons. The molecular weight excluding hydrogens is 396 g/mol. The number of allylic oxidation sites excluding steroid dienone is 1. The summed E-state index contributed by atoms with van der Waals surface area (Å²) in [6, 6.07) is 16.7. The average molecular weight is 411 g/mol. The number of fused-ring (bicyclic) bond motifs is 1. The van der Waals surface area contributed by atoms with Gasteiger partial charge in [-0.15, -0.1) is 0 Å². The zero-order chi connectivity index (χ0) is 18.1. The number of carbonyl (C=O) groups excluding carboxylic acids is 1. The number of rotatable bonds is 3. The van der Waals surface area contributed by atoms with Gasteiger partial charge < -0.3 is 10.6 Å². The van der Waals surface area contributed by atoms with E-state index in [1.807, 2.05) is 61.5 Å². The van der Waals surface area contributed by atoms with Crippen molar-refractivity contribution in [3.05, 3.63) is 75.9 Å². The molecule has 0 saturated carbocycles. The van der Waals surface area contributed by atoms with Crippen molar-refractivity contribution in [2.45, 2.75) is 13.0 Å². The van der Waals surface area contributed by atoms with Gasteiger partial charge in [0.2, 0.25) is 5.95 Å². The molecule has 0 bridgehead atoms. The highest BCUT2D eigenvalue weighted by Gasteiger charge is 2.34. The molecule has 0 radical (unpaired) electrons. The van der Waals surface area contributed by atoms with Gasteiger partial charge in [0, 0.05) is 15.9 Å². The molecule has 0 aliphatic carbocycles. The van der Waals surface area contributed by atoms with Gasteiger partial charge in [-0.2, -0.15) is 4.68 Å². The molecule has 26 heavy (non-hydrogen) atoms. The molecular formula is C18H15BrN6O. The molecule has 0 spiro atoms. The summed E-state index contributed by atoms with van der Waals surface area (Å²) in [5.41, 5.74) is 2.91. The van der Waals surface area contributed by atoms with E-state index in [1.54, 1.807) is 4.68 Å². The number of carbonyl (C=O) groups is 1. The summed E-state index contributed by atoms with van der Waals surface area (Å²) in [5, 5.41) is 17.9. The first-order valence-electron chi connectivity index (χ1n) is 8.01. The second-order valence-corrected chi connectivity index (χ2v) is 6.80. The molecule has 2 N–H and O–H groups in total. The van der Waals surface area contributed by atoms with Gasteiger partial charge in [-0.1, -0.05) is 51.4 Å². The average Bonchev–Trinajstić information content (AvgIpc) is 3.09. The fraction of sp³-hybridized carbons (Fsp3) is 0.111. The fourth-order valence-corrected chi connectivity index (χ4v) is 3.43. The van der Waals surface area contributed by atoms with Crippen LogP contribution >= 0.6 is 15.9 Å². The second kappa shape index (κ2) is 6.72. The number of benzene rings is 2. The molecule has 0 fully saturated rings. The van der Waals surface area contributed by atoms with E-state index in [2.05, 4.69) is 42.1 Å². The molecule has 0 unspecified atom stereocenters. The maximum atomic E-state index is 13.1. The molecule has 0 saturated heterocycles. The predicted octanol–water partition coefficient (Wildman–Crippen LogP) is 3.36. The molecule has 7 nitrogen and oxygen atoms in total. The first-order chi connectivity index (χ1) is 12.6. The van der Waals surface area contributed by atoms with Crippen LogP contribution in [0.15, 0.2) is 70.3 Å². The van der Waals surface area contributed by atoms with E-state index < -0.39 is 6.04 Å². The summed E-state index contributed by atoms with van der Waals surface area (Å²) >= 11 is 3.49. The molecule has 8 heteroatoms. The van der Waals surface area contributed by atoms with Crippen molar-refractivity contribution in [2.75, 3.05) is 10.6 Å². The van der Waals surface area contributed by atoms with E-state index in [1.165, 1.54) is 0 Å². The summed E-state index contributed by atoms with van der Waals surface area (Å²) in [4.78, 5) is 13.1. The lowest BCUT2D eigenvalue weighted by molar-refractivity contribution is -0.113. The molecule has 4 rings (SSSR count). The van der Waals surface area contributed by atoms with Gasteiger partial charge in [-0.3, -0.25) is 4.79 Å². The summed E-state index contributed by atoms with van der Waals surface area (Å²) in [6.07, 6.45) is 0. The number of aromatic nitrogens is 4. The van der Waals surface area contributed by atoms with Crippen LogP contribution in [0.5, 0.6) is 0 Å². The zero-order valence-corrected chi connectivity index (χ0v) is 15.4. The highest BCUT2D eigenvalue weighted by atomic mass is 79.9. The van der Waals surface area contributed by atoms with Crippen molar-refractivity contribution >= 4 is 33.5 Å². The Bertz CT molecular complexity index is 998. The summed E-state index contributed by atoms with van der Waals surface area (Å²) in [6.45, 7) is 1.85. The topological polar surface area (TPSA) is 84.7 Å². The quantitative estimate of drug-likeness (QED) is 0.691. The van der Waals surface area contributed by atoms with E-state index in [9.17, 15) is 4.79 Å². The van der Waals surface area contributed by atoms with Gasteiger partial charge in [0.05, 0.1) is 5.57 Å². The van der Waals surface area contributed by atoms with Gasteiger partial charge in [-0.25, -0.2) is 0 Å². The van der Waals surface area contributed by atoms with E-state index in [0.29, 0.717) is 17.2 Å². The number of nitrogens with zero attached hydrogens (tertiary/aromatic N) is 4. The van der Waals surface area contributed by atoms with Crippen molar-refractivity contribution in [1.29, 1.82) is 0 Å². The van der Waals surface area contributed by atoms with Crippen LogP contribution in [0, 0.1) is 0 Å². The highest BCUT2D eigenvalue weighted by molar-refractivity contribution is 9.10. The molecule has 1 aliphatic heterocycles. The number of halogens is 1. The van der Waals surface area contributed by atoms with E-state index >= 15 is 0 Å². The summed E-state index contributed by atoms with van der Waals surface area (Å²) in [5.74, 6) is 0.302. The van der Waals surface area contributed by atoms with Crippen LogP contribution in [0.1, 0.15) is 18.5 Å². The Morgan fingerprint density at radius 1 is 1.19 bits per heavy atom. The smallest absolute Gasteiger partial charge is 0.255 e. The fourth-order valence-electron chi connectivity index (χ4n) is 3.01. The van der Waals surface area contributed by atoms with Crippen LogP contribution in [0.3, 0.4) is 0 Å². The lowest BCUT2D eigenvalue weighted by Gasteiger charge is -2.28. The van der Waals surface area contributed by atoms with Crippen LogP contribution in [0.4, 0.5) is 11.6 Å². The van der Waals surface area contributed by atoms with Crippen molar-refractivity contribution in [3.8, 4) is 0 Å². The Balaban J connectivity index is 1.78. The van der Waals surface area contributed by atoms with Crippen LogP contribution in [0.2, 0.25) is 0 Å². The Labute approximate surface area is 158 Å². The molecule has 1 atom stereocenters. The highest BCUT2D eigenvalue weighted by Crippen LogP contribution is 2.35. The molecule has 1 amide bonds. The van der Waals surface area contributed by atoms with Gasteiger partial charge in [0.25, 0.3) is 5.91 Å². The molecule has 3 aromatic rings. The first kappa shape index (κ1) is 16.5. The monoisotopic (exact) mass is 410 g/mol. The Morgan fingerprint density at radius 2 is 2.00 bits per heavy atom. The van der Waals surface area contributed by atoms with Crippen molar-refractivity contribution < 1.29 is 4.79 Å². The van der Waals surface area contributed by atoms with Gasteiger partial charge >= 0.3 is 0 Å². The Hall–Kier alpha value is -3.00. The standard InChI is InChI=1S/C18H15BrN6O/c1-11-15(17(26)21-14-8-3-2-4-9-14)16(12-6-5-7-13(19)10-12)25-18(20-11)22-23-24-25/h2-10,16H,1H3,(H,21,26)(H,20,22,24)/t16-/m0/s1. The third kappa shape index (κ3) is 2.99. The van der Waals surface area contributed by atoms with Gasteiger partial charge in [0.15, 0.2) is 0 Å². The molecule has 1 aromatic heterocycles. The van der Waals surface area contributed by atoms with E-state index in [0.717, 1.165) is 15.7 Å².